The first-order valence-corrected chi connectivity index (χ1v) is 8.12. The third-order valence-corrected chi connectivity index (χ3v) is 4.21. The van der Waals surface area contributed by atoms with Crippen LogP contribution >= 0.6 is 0 Å². The summed E-state index contributed by atoms with van der Waals surface area (Å²) in [5.74, 6) is 0.798. The van der Waals surface area contributed by atoms with Gasteiger partial charge >= 0.3 is 0 Å². The van der Waals surface area contributed by atoms with E-state index in [0.29, 0.717) is 19.7 Å². The fourth-order valence-corrected chi connectivity index (χ4v) is 2.81. The molecule has 0 aliphatic carbocycles. The van der Waals surface area contributed by atoms with Crippen molar-refractivity contribution in [2.24, 2.45) is 0 Å². The Balaban J connectivity index is 1.41. The van der Waals surface area contributed by atoms with E-state index in [9.17, 15) is 4.79 Å². The van der Waals surface area contributed by atoms with E-state index >= 15 is 0 Å². The van der Waals surface area contributed by atoms with Crippen molar-refractivity contribution in [3.63, 3.8) is 0 Å². The number of aromatic nitrogens is 3. The van der Waals surface area contributed by atoms with E-state index in [0.717, 1.165) is 17.1 Å². The zero-order valence-electron chi connectivity index (χ0n) is 13.8. The molecule has 0 spiro atoms. The lowest BCUT2D eigenvalue weighted by molar-refractivity contribution is 0.00309. The number of rotatable bonds is 4. The molecule has 0 saturated carbocycles. The molecule has 25 heavy (non-hydrogen) atoms. The molecular formula is C18H18N4O3. The number of nitrogens with zero attached hydrogens (tertiary/aromatic N) is 3. The van der Waals surface area contributed by atoms with Crippen molar-refractivity contribution in [3.8, 4) is 11.3 Å². The Bertz CT molecular complexity index is 868. The molecule has 4 rings (SSSR count). The molecule has 3 heterocycles. The van der Waals surface area contributed by atoms with E-state index in [4.69, 9.17) is 9.26 Å². The average molecular weight is 338 g/mol. The number of fused-ring (bicyclic) bond motifs is 1. The number of carbonyl (C=O) groups is 1. The number of ether oxygens (including phenoxy) is 1. The quantitative estimate of drug-likeness (QED) is 0.788. The maximum atomic E-state index is 11.9. The summed E-state index contributed by atoms with van der Waals surface area (Å²) in [6, 6.07) is 9.82. The second kappa shape index (κ2) is 6.52. The summed E-state index contributed by atoms with van der Waals surface area (Å²) in [7, 11) is 0. The lowest BCUT2D eigenvalue weighted by Gasteiger charge is -2.24. The van der Waals surface area contributed by atoms with Crippen molar-refractivity contribution in [3.05, 3.63) is 59.9 Å². The summed E-state index contributed by atoms with van der Waals surface area (Å²) in [6.45, 7) is 3.53. The average Bonchev–Trinajstić information content (AvgIpc) is 3.29. The Kier molecular flexibility index (Phi) is 4.07. The molecule has 1 aromatic carbocycles. The monoisotopic (exact) mass is 338 g/mol. The topological polar surface area (TPSA) is 82.2 Å². The number of nitrogens with one attached hydrogen (secondary N) is 1. The number of hydrogen-bond donors (Lipinski definition) is 1. The number of aryl methyl sites for hydroxylation is 1. The molecule has 2 aromatic heterocycles. The van der Waals surface area contributed by atoms with Crippen LogP contribution in [0.15, 0.2) is 47.2 Å². The van der Waals surface area contributed by atoms with Crippen molar-refractivity contribution >= 4 is 5.91 Å². The number of hydrogen-bond acceptors (Lipinski definition) is 5. The number of amides is 1. The van der Waals surface area contributed by atoms with Crippen LogP contribution < -0.4 is 5.32 Å². The van der Waals surface area contributed by atoms with Crippen LogP contribution in [0.2, 0.25) is 0 Å². The molecule has 1 atom stereocenters. The summed E-state index contributed by atoms with van der Waals surface area (Å²) in [5, 5.41) is 6.32. The van der Waals surface area contributed by atoms with Crippen molar-refractivity contribution in [1.82, 2.24) is 20.0 Å². The Morgan fingerprint density at radius 3 is 2.92 bits per heavy atom. The summed E-state index contributed by atoms with van der Waals surface area (Å²) >= 11 is 0. The van der Waals surface area contributed by atoms with Crippen LogP contribution in [0.1, 0.15) is 21.9 Å². The van der Waals surface area contributed by atoms with Gasteiger partial charge in [0.2, 0.25) is 5.76 Å². The number of imidazole rings is 1. The van der Waals surface area contributed by atoms with Gasteiger partial charge in [-0.2, -0.15) is 0 Å². The predicted octanol–water partition coefficient (Wildman–Crippen LogP) is 2.18. The molecule has 1 aliphatic rings. The van der Waals surface area contributed by atoms with Crippen LogP contribution in [0.4, 0.5) is 0 Å². The van der Waals surface area contributed by atoms with Gasteiger partial charge in [0, 0.05) is 24.4 Å². The molecule has 0 unspecified atom stereocenters. The Morgan fingerprint density at radius 2 is 2.16 bits per heavy atom. The van der Waals surface area contributed by atoms with Crippen LogP contribution in [0.3, 0.4) is 0 Å². The minimum Gasteiger partial charge on any atom is -0.367 e. The highest BCUT2D eigenvalue weighted by Crippen LogP contribution is 2.22. The first kappa shape index (κ1) is 15.6. The van der Waals surface area contributed by atoms with E-state index < -0.39 is 0 Å². The summed E-state index contributed by atoms with van der Waals surface area (Å²) in [6.07, 6.45) is 3.36. The minimum absolute atomic E-state index is 0.112. The summed E-state index contributed by atoms with van der Waals surface area (Å²) < 4.78 is 12.7. The molecule has 0 bridgehead atoms. The molecular weight excluding hydrogens is 320 g/mol. The standard InChI is InChI=1S/C18H18N4O3/c1-12-2-4-13(5-3-12)15-10-22-9-14(24-11-17(22)21-15)8-19-18(23)16-6-7-20-25-16/h2-7,10,14H,8-9,11H2,1H3,(H,19,23)/t14-/m0/s1. The van der Waals surface area contributed by atoms with Crippen molar-refractivity contribution in [2.45, 2.75) is 26.2 Å². The van der Waals surface area contributed by atoms with E-state index in [1.54, 1.807) is 0 Å². The molecule has 128 valence electrons. The zero-order valence-corrected chi connectivity index (χ0v) is 13.8. The normalized spacial score (nSPS) is 16.4. The van der Waals surface area contributed by atoms with E-state index in [2.05, 4.69) is 51.2 Å². The Morgan fingerprint density at radius 1 is 1.32 bits per heavy atom. The molecule has 0 saturated heterocycles. The highest BCUT2D eigenvalue weighted by Gasteiger charge is 2.22. The lowest BCUT2D eigenvalue weighted by Crippen LogP contribution is -2.38. The van der Waals surface area contributed by atoms with Crippen LogP contribution in [0, 0.1) is 6.92 Å². The largest absolute Gasteiger partial charge is 0.367 e. The molecule has 0 radical (unpaired) electrons. The van der Waals surface area contributed by atoms with Crippen LogP contribution in [0.5, 0.6) is 0 Å². The van der Waals surface area contributed by atoms with Gasteiger partial charge in [-0.25, -0.2) is 4.98 Å². The van der Waals surface area contributed by atoms with Gasteiger partial charge in [-0.3, -0.25) is 4.79 Å². The molecule has 7 nitrogen and oxygen atoms in total. The van der Waals surface area contributed by atoms with Crippen molar-refractivity contribution in [1.29, 1.82) is 0 Å². The summed E-state index contributed by atoms with van der Waals surface area (Å²) in [4.78, 5) is 16.5. The van der Waals surface area contributed by atoms with Crippen LogP contribution in [-0.2, 0) is 17.9 Å². The van der Waals surface area contributed by atoms with E-state index in [-0.39, 0.29) is 17.8 Å². The molecule has 1 amide bonds. The van der Waals surface area contributed by atoms with Crippen molar-refractivity contribution < 1.29 is 14.1 Å². The maximum absolute atomic E-state index is 11.9. The van der Waals surface area contributed by atoms with Gasteiger partial charge in [0.15, 0.2) is 0 Å². The van der Waals surface area contributed by atoms with Crippen LogP contribution in [-0.4, -0.2) is 33.3 Å². The fraction of sp³-hybridized carbons (Fsp3) is 0.278. The number of benzene rings is 1. The highest BCUT2D eigenvalue weighted by atomic mass is 16.5. The number of carbonyl (C=O) groups excluding carboxylic acids is 1. The van der Waals surface area contributed by atoms with Gasteiger partial charge in [-0.05, 0) is 6.92 Å². The van der Waals surface area contributed by atoms with Crippen molar-refractivity contribution in [2.75, 3.05) is 6.54 Å². The van der Waals surface area contributed by atoms with Crippen LogP contribution in [0.25, 0.3) is 11.3 Å². The Labute approximate surface area is 144 Å². The van der Waals surface area contributed by atoms with Gasteiger partial charge in [-0.15, -0.1) is 0 Å². The third-order valence-electron chi connectivity index (χ3n) is 4.21. The van der Waals surface area contributed by atoms with Gasteiger partial charge in [0.25, 0.3) is 5.91 Å². The molecule has 3 aromatic rings. The first-order valence-electron chi connectivity index (χ1n) is 8.12. The van der Waals surface area contributed by atoms with Gasteiger partial charge in [-0.1, -0.05) is 35.0 Å². The molecule has 1 aliphatic heterocycles. The predicted molar refractivity (Wildman–Crippen MR) is 89.8 cm³/mol. The minimum atomic E-state index is -0.294. The maximum Gasteiger partial charge on any atom is 0.289 e. The SMILES string of the molecule is Cc1ccc(-c2cn3c(n2)CO[C@@H](CNC(=O)c2ccno2)C3)cc1. The second-order valence-corrected chi connectivity index (χ2v) is 6.08. The first-order chi connectivity index (χ1) is 12.2. The fourth-order valence-electron chi connectivity index (χ4n) is 2.81. The molecule has 1 N–H and O–H groups in total. The second-order valence-electron chi connectivity index (χ2n) is 6.08. The van der Waals surface area contributed by atoms with E-state index in [1.165, 1.54) is 17.8 Å². The van der Waals surface area contributed by atoms with E-state index in [1.807, 2.05) is 6.20 Å². The molecule has 7 heteroatoms. The highest BCUT2D eigenvalue weighted by molar-refractivity contribution is 5.91. The smallest absolute Gasteiger partial charge is 0.289 e. The third kappa shape index (κ3) is 3.32. The Hall–Kier alpha value is -2.93. The van der Waals surface area contributed by atoms with Gasteiger partial charge < -0.3 is 19.1 Å². The van der Waals surface area contributed by atoms with Gasteiger partial charge in [0.1, 0.15) is 12.4 Å². The van der Waals surface area contributed by atoms with Gasteiger partial charge in [0.05, 0.1) is 24.5 Å². The lowest BCUT2D eigenvalue weighted by atomic mass is 10.1. The summed E-state index contributed by atoms with van der Waals surface area (Å²) in [5.41, 5.74) is 3.24. The zero-order chi connectivity index (χ0) is 17.2. The molecule has 0 fully saturated rings.